The first kappa shape index (κ1) is 16.0. The zero-order valence-electron chi connectivity index (χ0n) is 13.4. The average molecular weight is 288 g/mol. The zero-order valence-corrected chi connectivity index (χ0v) is 13.4. The van der Waals surface area contributed by atoms with Gasteiger partial charge in [0.1, 0.15) is 0 Å². The number of nitrogens with two attached hydrogens (primary N) is 1. The fourth-order valence-corrected chi connectivity index (χ4v) is 3.27. The van der Waals surface area contributed by atoms with Crippen molar-refractivity contribution in [3.63, 3.8) is 0 Å². The first-order chi connectivity index (χ1) is 10.1. The van der Waals surface area contributed by atoms with E-state index in [0.29, 0.717) is 18.4 Å². The van der Waals surface area contributed by atoms with Crippen LogP contribution in [0, 0.1) is 5.41 Å². The van der Waals surface area contributed by atoms with Crippen LogP contribution in [0.25, 0.3) is 0 Å². The van der Waals surface area contributed by atoms with Gasteiger partial charge in [0.2, 0.25) is 5.91 Å². The normalized spacial score (nSPS) is 17.8. The number of rotatable bonds is 5. The number of benzene rings is 1. The molecule has 116 valence electrons. The molecule has 1 fully saturated rings. The molecule has 0 aromatic heterocycles. The van der Waals surface area contributed by atoms with E-state index in [2.05, 4.69) is 13.8 Å². The Morgan fingerprint density at radius 1 is 1.10 bits per heavy atom. The summed E-state index contributed by atoms with van der Waals surface area (Å²) < 4.78 is 0. The van der Waals surface area contributed by atoms with Crippen molar-refractivity contribution in [2.24, 2.45) is 11.1 Å². The predicted octanol–water partition coefficient (Wildman–Crippen LogP) is 3.12. The van der Waals surface area contributed by atoms with Gasteiger partial charge in [-0.15, -0.1) is 0 Å². The van der Waals surface area contributed by atoms with E-state index in [4.69, 9.17) is 5.73 Å². The highest BCUT2D eigenvalue weighted by molar-refractivity contribution is 5.78. The summed E-state index contributed by atoms with van der Waals surface area (Å²) in [5.74, 6) is 0.260. The lowest BCUT2D eigenvalue weighted by Gasteiger charge is -2.41. The molecule has 1 aromatic carbocycles. The van der Waals surface area contributed by atoms with Gasteiger partial charge in [-0.3, -0.25) is 4.79 Å². The number of likely N-dealkylation sites (tertiary alicyclic amines) is 1. The number of hydrogen-bond acceptors (Lipinski definition) is 2. The molecule has 1 aromatic rings. The van der Waals surface area contributed by atoms with Crippen LogP contribution in [0.3, 0.4) is 0 Å². The third-order valence-electron chi connectivity index (χ3n) is 5.29. The first-order valence-corrected chi connectivity index (χ1v) is 8.18. The molecule has 1 aliphatic heterocycles. The quantitative estimate of drug-likeness (QED) is 0.905. The van der Waals surface area contributed by atoms with Gasteiger partial charge < -0.3 is 10.6 Å². The topological polar surface area (TPSA) is 46.3 Å². The van der Waals surface area contributed by atoms with Gasteiger partial charge in [0, 0.05) is 19.6 Å². The summed E-state index contributed by atoms with van der Waals surface area (Å²) in [5, 5.41) is 0. The standard InChI is InChI=1S/C18H28N2O/c1-3-18(4-2)9-11-20(12-10-18)17(21)13-15-5-7-16(14-19)8-6-15/h5-8H,3-4,9-14,19H2,1-2H3. The van der Waals surface area contributed by atoms with E-state index in [-0.39, 0.29) is 5.91 Å². The third-order valence-corrected chi connectivity index (χ3v) is 5.29. The van der Waals surface area contributed by atoms with Crippen molar-refractivity contribution >= 4 is 5.91 Å². The second kappa shape index (κ2) is 7.08. The summed E-state index contributed by atoms with van der Waals surface area (Å²) in [4.78, 5) is 14.5. The zero-order chi connectivity index (χ0) is 15.3. The molecule has 0 spiro atoms. The summed E-state index contributed by atoms with van der Waals surface area (Å²) >= 11 is 0. The minimum atomic E-state index is 0.260. The Bertz CT molecular complexity index is 453. The minimum absolute atomic E-state index is 0.260. The first-order valence-electron chi connectivity index (χ1n) is 8.18. The van der Waals surface area contributed by atoms with Crippen molar-refractivity contribution in [2.75, 3.05) is 13.1 Å². The van der Waals surface area contributed by atoms with Crippen LogP contribution in [0.1, 0.15) is 50.7 Å². The average Bonchev–Trinajstić information content (AvgIpc) is 2.55. The predicted molar refractivity (Wildman–Crippen MR) is 86.9 cm³/mol. The van der Waals surface area contributed by atoms with Crippen LogP contribution in [0.2, 0.25) is 0 Å². The Kier molecular flexibility index (Phi) is 5.40. The maximum atomic E-state index is 12.4. The molecule has 0 bridgehead atoms. The van der Waals surface area contributed by atoms with Crippen LogP contribution < -0.4 is 5.73 Å². The molecule has 1 saturated heterocycles. The van der Waals surface area contributed by atoms with E-state index in [1.807, 2.05) is 29.2 Å². The van der Waals surface area contributed by atoms with Crippen LogP contribution in [0.4, 0.5) is 0 Å². The highest BCUT2D eigenvalue weighted by Gasteiger charge is 2.32. The molecule has 1 amide bonds. The Labute approximate surface area is 128 Å². The van der Waals surface area contributed by atoms with Gasteiger partial charge in [-0.2, -0.15) is 0 Å². The lowest BCUT2D eigenvalue weighted by Crippen LogP contribution is -2.43. The molecule has 0 saturated carbocycles. The third kappa shape index (κ3) is 3.85. The molecule has 0 unspecified atom stereocenters. The van der Waals surface area contributed by atoms with E-state index < -0.39 is 0 Å². The molecule has 1 heterocycles. The molecule has 1 aliphatic rings. The SMILES string of the molecule is CCC1(CC)CCN(C(=O)Cc2ccc(CN)cc2)CC1. The maximum absolute atomic E-state index is 12.4. The van der Waals surface area contributed by atoms with E-state index in [1.165, 1.54) is 12.8 Å². The summed E-state index contributed by atoms with van der Waals surface area (Å²) in [6.45, 7) is 6.94. The van der Waals surface area contributed by atoms with Gasteiger partial charge in [-0.25, -0.2) is 0 Å². The largest absolute Gasteiger partial charge is 0.342 e. The molecule has 3 nitrogen and oxygen atoms in total. The van der Waals surface area contributed by atoms with Gasteiger partial charge in [-0.1, -0.05) is 51.0 Å². The van der Waals surface area contributed by atoms with E-state index in [9.17, 15) is 4.79 Å². The van der Waals surface area contributed by atoms with Gasteiger partial charge in [0.25, 0.3) is 0 Å². The van der Waals surface area contributed by atoms with Crippen LogP contribution in [0.15, 0.2) is 24.3 Å². The second-order valence-electron chi connectivity index (χ2n) is 6.29. The number of carbonyl (C=O) groups excluding carboxylic acids is 1. The van der Waals surface area contributed by atoms with Crippen molar-refractivity contribution < 1.29 is 4.79 Å². The maximum Gasteiger partial charge on any atom is 0.226 e. The number of piperidine rings is 1. The van der Waals surface area contributed by atoms with Crippen LogP contribution in [-0.4, -0.2) is 23.9 Å². The van der Waals surface area contributed by atoms with Crippen molar-refractivity contribution in [2.45, 2.75) is 52.5 Å². The molecule has 3 heteroatoms. The monoisotopic (exact) mass is 288 g/mol. The highest BCUT2D eigenvalue weighted by Crippen LogP contribution is 2.37. The molecule has 0 radical (unpaired) electrons. The summed E-state index contributed by atoms with van der Waals surface area (Å²) in [7, 11) is 0. The van der Waals surface area contributed by atoms with Gasteiger partial charge >= 0.3 is 0 Å². The van der Waals surface area contributed by atoms with Crippen LogP contribution in [0.5, 0.6) is 0 Å². The van der Waals surface area contributed by atoms with Crippen molar-refractivity contribution in [1.29, 1.82) is 0 Å². The highest BCUT2D eigenvalue weighted by atomic mass is 16.2. The molecule has 21 heavy (non-hydrogen) atoms. The van der Waals surface area contributed by atoms with Crippen molar-refractivity contribution in [1.82, 2.24) is 4.90 Å². The Morgan fingerprint density at radius 3 is 2.10 bits per heavy atom. The van der Waals surface area contributed by atoms with E-state index in [0.717, 1.165) is 37.1 Å². The fraction of sp³-hybridized carbons (Fsp3) is 0.611. The van der Waals surface area contributed by atoms with Crippen LogP contribution >= 0.6 is 0 Å². The fourth-order valence-electron chi connectivity index (χ4n) is 3.27. The number of carbonyl (C=O) groups is 1. The van der Waals surface area contributed by atoms with E-state index in [1.54, 1.807) is 0 Å². The number of hydrogen-bond donors (Lipinski definition) is 1. The lowest BCUT2D eigenvalue weighted by molar-refractivity contribution is -0.132. The summed E-state index contributed by atoms with van der Waals surface area (Å²) in [5.41, 5.74) is 8.26. The van der Waals surface area contributed by atoms with Gasteiger partial charge in [0.15, 0.2) is 0 Å². The summed E-state index contributed by atoms with van der Waals surface area (Å²) in [6.07, 6.45) is 5.27. The Balaban J connectivity index is 1.89. The summed E-state index contributed by atoms with van der Waals surface area (Å²) in [6, 6.07) is 8.06. The van der Waals surface area contributed by atoms with E-state index >= 15 is 0 Å². The van der Waals surface area contributed by atoms with Gasteiger partial charge in [0.05, 0.1) is 6.42 Å². The molecule has 0 atom stereocenters. The van der Waals surface area contributed by atoms with Gasteiger partial charge in [-0.05, 0) is 29.4 Å². The number of nitrogens with zero attached hydrogens (tertiary/aromatic N) is 1. The second-order valence-corrected chi connectivity index (χ2v) is 6.29. The Morgan fingerprint density at radius 2 is 1.62 bits per heavy atom. The lowest BCUT2D eigenvalue weighted by atomic mass is 9.74. The molecule has 2 rings (SSSR count). The van der Waals surface area contributed by atoms with Crippen LogP contribution in [-0.2, 0) is 17.8 Å². The minimum Gasteiger partial charge on any atom is -0.342 e. The number of amides is 1. The molecule has 2 N–H and O–H groups in total. The molecule has 0 aliphatic carbocycles. The molecular weight excluding hydrogens is 260 g/mol. The smallest absolute Gasteiger partial charge is 0.226 e. The van der Waals surface area contributed by atoms with Crippen molar-refractivity contribution in [3.05, 3.63) is 35.4 Å². The van der Waals surface area contributed by atoms with Crippen molar-refractivity contribution in [3.8, 4) is 0 Å². The Hall–Kier alpha value is -1.35. The molecular formula is C18H28N2O.